The van der Waals surface area contributed by atoms with Gasteiger partial charge in [0.1, 0.15) is 6.33 Å². The average molecular weight is 329 g/mol. The second-order valence-corrected chi connectivity index (χ2v) is 6.71. The minimum absolute atomic E-state index is 0.0868. The molecule has 24 heavy (non-hydrogen) atoms. The van der Waals surface area contributed by atoms with E-state index in [1.165, 1.54) is 0 Å². The van der Waals surface area contributed by atoms with Crippen molar-refractivity contribution in [2.45, 2.75) is 39.2 Å². The minimum Gasteiger partial charge on any atom is -0.349 e. The Labute approximate surface area is 141 Å². The zero-order valence-electron chi connectivity index (χ0n) is 14.1. The monoisotopic (exact) mass is 329 g/mol. The number of nitrogens with zero attached hydrogens (tertiary/aromatic N) is 4. The maximum Gasteiger partial charge on any atom is 0.255 e. The molecule has 3 heterocycles. The zero-order chi connectivity index (χ0) is 17.1. The molecule has 3 rings (SSSR count). The Morgan fingerprint density at radius 1 is 1.33 bits per heavy atom. The highest BCUT2D eigenvalue weighted by atomic mass is 16.2. The number of pyridine rings is 1. The summed E-state index contributed by atoms with van der Waals surface area (Å²) in [6, 6.07) is 3.64. The predicted molar refractivity (Wildman–Crippen MR) is 89.5 cm³/mol. The summed E-state index contributed by atoms with van der Waals surface area (Å²) in [5, 5.41) is 10.9. The highest BCUT2D eigenvalue weighted by molar-refractivity contribution is 5.99. The molecule has 0 bridgehead atoms. The van der Waals surface area contributed by atoms with Crippen LogP contribution in [0.3, 0.4) is 0 Å². The Bertz CT molecular complexity index is 731. The number of piperidine rings is 1. The molecule has 1 N–H and O–H groups in total. The molecule has 2 aromatic heterocycles. The van der Waals surface area contributed by atoms with E-state index < -0.39 is 0 Å². The second-order valence-electron chi connectivity index (χ2n) is 6.71. The number of nitrogens with one attached hydrogen (secondary N) is 1. The zero-order valence-corrected chi connectivity index (χ0v) is 14.1. The largest absolute Gasteiger partial charge is 0.349 e. The lowest BCUT2D eigenvalue weighted by Crippen LogP contribution is -2.46. The second kappa shape index (κ2) is 6.98. The molecule has 1 aliphatic rings. The summed E-state index contributed by atoms with van der Waals surface area (Å²) in [7, 11) is 0. The fourth-order valence-corrected chi connectivity index (χ4v) is 3.04. The normalized spacial score (nSPS) is 15.9. The van der Waals surface area contributed by atoms with Crippen LogP contribution in [0.25, 0.3) is 5.65 Å². The number of amides is 2. The van der Waals surface area contributed by atoms with Gasteiger partial charge >= 0.3 is 0 Å². The third-order valence-corrected chi connectivity index (χ3v) is 4.33. The van der Waals surface area contributed by atoms with Crippen LogP contribution in [0.2, 0.25) is 0 Å². The van der Waals surface area contributed by atoms with Crippen LogP contribution in [0.15, 0.2) is 24.7 Å². The fourth-order valence-electron chi connectivity index (χ4n) is 3.04. The van der Waals surface area contributed by atoms with Gasteiger partial charge < -0.3 is 10.2 Å². The molecule has 0 saturated carbocycles. The van der Waals surface area contributed by atoms with Crippen LogP contribution in [0.4, 0.5) is 0 Å². The van der Waals surface area contributed by atoms with Gasteiger partial charge in [-0.05, 0) is 30.9 Å². The van der Waals surface area contributed by atoms with Crippen molar-refractivity contribution in [3.05, 3.63) is 30.2 Å². The number of hydrogen-bond acceptors (Lipinski definition) is 4. The number of likely N-dealkylation sites (tertiary alicyclic amines) is 1. The van der Waals surface area contributed by atoms with E-state index in [9.17, 15) is 9.59 Å². The molecule has 2 aromatic rings. The van der Waals surface area contributed by atoms with Gasteiger partial charge in [0, 0.05) is 31.7 Å². The maximum atomic E-state index is 12.5. The molecule has 0 unspecified atom stereocenters. The average Bonchev–Trinajstić information content (AvgIpc) is 3.03. The van der Waals surface area contributed by atoms with Crippen molar-refractivity contribution in [3.8, 4) is 0 Å². The van der Waals surface area contributed by atoms with Crippen molar-refractivity contribution in [2.24, 2.45) is 5.92 Å². The number of carbonyl (C=O) groups excluding carboxylic acids is 2. The van der Waals surface area contributed by atoms with Crippen molar-refractivity contribution in [3.63, 3.8) is 0 Å². The van der Waals surface area contributed by atoms with Crippen LogP contribution in [0.1, 0.15) is 43.5 Å². The Kier molecular flexibility index (Phi) is 4.78. The Morgan fingerprint density at radius 3 is 2.79 bits per heavy atom. The number of fused-ring (bicyclic) bond motifs is 1. The van der Waals surface area contributed by atoms with Crippen molar-refractivity contribution < 1.29 is 9.59 Å². The van der Waals surface area contributed by atoms with Crippen LogP contribution in [-0.2, 0) is 4.79 Å². The summed E-state index contributed by atoms with van der Waals surface area (Å²) in [6.45, 7) is 5.50. The van der Waals surface area contributed by atoms with Crippen molar-refractivity contribution >= 4 is 17.5 Å². The first kappa shape index (κ1) is 16.4. The van der Waals surface area contributed by atoms with E-state index in [4.69, 9.17) is 0 Å². The lowest BCUT2D eigenvalue weighted by molar-refractivity contribution is -0.133. The smallest absolute Gasteiger partial charge is 0.255 e. The molecule has 7 nitrogen and oxygen atoms in total. The van der Waals surface area contributed by atoms with Gasteiger partial charge in [0.2, 0.25) is 5.91 Å². The third kappa shape index (κ3) is 3.55. The maximum absolute atomic E-state index is 12.5. The molecule has 0 spiro atoms. The van der Waals surface area contributed by atoms with Crippen molar-refractivity contribution in [2.75, 3.05) is 13.1 Å². The highest BCUT2D eigenvalue weighted by Crippen LogP contribution is 2.15. The van der Waals surface area contributed by atoms with E-state index in [0.717, 1.165) is 12.8 Å². The molecule has 0 aromatic carbocycles. The van der Waals surface area contributed by atoms with Crippen LogP contribution in [0, 0.1) is 5.92 Å². The number of aromatic nitrogens is 3. The molecule has 128 valence electrons. The number of rotatable bonds is 4. The van der Waals surface area contributed by atoms with Crippen LogP contribution in [0.5, 0.6) is 0 Å². The van der Waals surface area contributed by atoms with E-state index in [2.05, 4.69) is 29.4 Å². The topological polar surface area (TPSA) is 79.6 Å². The molecular formula is C17H23N5O2. The van der Waals surface area contributed by atoms with Gasteiger partial charge in [-0.2, -0.15) is 0 Å². The molecule has 7 heteroatoms. The molecule has 0 aliphatic carbocycles. The lowest BCUT2D eigenvalue weighted by Gasteiger charge is -2.32. The lowest BCUT2D eigenvalue weighted by atomic mass is 10.0. The van der Waals surface area contributed by atoms with E-state index in [1.54, 1.807) is 22.9 Å². The molecule has 0 radical (unpaired) electrons. The summed E-state index contributed by atoms with van der Waals surface area (Å²) >= 11 is 0. The van der Waals surface area contributed by atoms with Crippen LogP contribution >= 0.6 is 0 Å². The van der Waals surface area contributed by atoms with Crippen molar-refractivity contribution in [1.29, 1.82) is 0 Å². The third-order valence-electron chi connectivity index (χ3n) is 4.33. The molecule has 0 atom stereocenters. The Balaban J connectivity index is 1.57. The number of hydrogen-bond donors (Lipinski definition) is 1. The van der Waals surface area contributed by atoms with Gasteiger partial charge in [-0.1, -0.05) is 13.8 Å². The highest BCUT2D eigenvalue weighted by Gasteiger charge is 2.25. The van der Waals surface area contributed by atoms with Gasteiger partial charge in [0.15, 0.2) is 5.65 Å². The van der Waals surface area contributed by atoms with E-state index in [0.29, 0.717) is 36.6 Å². The first-order chi connectivity index (χ1) is 11.5. The first-order valence-electron chi connectivity index (χ1n) is 8.41. The molecule has 1 aliphatic heterocycles. The fraction of sp³-hybridized carbons (Fsp3) is 0.529. The molecule has 1 saturated heterocycles. The van der Waals surface area contributed by atoms with Gasteiger partial charge in [-0.25, -0.2) is 0 Å². The quantitative estimate of drug-likeness (QED) is 0.922. The summed E-state index contributed by atoms with van der Waals surface area (Å²) in [5.41, 5.74) is 1.08. The molecular weight excluding hydrogens is 306 g/mol. The van der Waals surface area contributed by atoms with Crippen LogP contribution in [-0.4, -0.2) is 50.4 Å². The van der Waals surface area contributed by atoms with Gasteiger partial charge in [-0.15, -0.1) is 10.2 Å². The van der Waals surface area contributed by atoms with Gasteiger partial charge in [-0.3, -0.25) is 14.0 Å². The Morgan fingerprint density at radius 2 is 2.08 bits per heavy atom. The predicted octanol–water partition coefficient (Wildman–Crippen LogP) is 1.50. The van der Waals surface area contributed by atoms with Gasteiger partial charge in [0.25, 0.3) is 5.91 Å². The van der Waals surface area contributed by atoms with E-state index >= 15 is 0 Å². The standard InChI is InChI=1S/C17H23N5O2/c1-12(2)10-15(23)21-8-5-13(6-9-21)19-17(24)14-4-3-7-22-11-18-20-16(14)22/h3-4,7,11-13H,5-6,8-10H2,1-2H3,(H,19,24). The van der Waals surface area contributed by atoms with E-state index in [1.807, 2.05) is 11.1 Å². The Hall–Kier alpha value is -2.44. The number of carbonyl (C=O) groups is 2. The summed E-state index contributed by atoms with van der Waals surface area (Å²) in [4.78, 5) is 26.5. The van der Waals surface area contributed by atoms with E-state index in [-0.39, 0.29) is 17.9 Å². The minimum atomic E-state index is -0.138. The summed E-state index contributed by atoms with van der Waals surface area (Å²) in [5.74, 6) is 0.446. The SMILES string of the molecule is CC(C)CC(=O)N1CCC(NC(=O)c2cccn3cnnc23)CC1. The van der Waals surface area contributed by atoms with Crippen LogP contribution < -0.4 is 5.32 Å². The van der Waals surface area contributed by atoms with Crippen molar-refractivity contribution in [1.82, 2.24) is 24.8 Å². The molecule has 2 amide bonds. The van der Waals surface area contributed by atoms with Gasteiger partial charge in [0.05, 0.1) is 5.56 Å². The summed E-state index contributed by atoms with van der Waals surface area (Å²) in [6.07, 6.45) is 5.54. The first-order valence-corrected chi connectivity index (χ1v) is 8.41. The summed E-state index contributed by atoms with van der Waals surface area (Å²) < 4.78 is 1.72. The molecule has 1 fully saturated rings.